The van der Waals surface area contributed by atoms with Gasteiger partial charge >= 0.3 is 5.69 Å². The van der Waals surface area contributed by atoms with E-state index in [1.54, 1.807) is 34.1 Å². The van der Waals surface area contributed by atoms with E-state index in [-0.39, 0.29) is 24.2 Å². The molecule has 1 fully saturated rings. The molecule has 0 saturated heterocycles. The molecular formula is C19H17N5O2S. The Bertz CT molecular complexity index is 1070. The van der Waals surface area contributed by atoms with E-state index < -0.39 is 0 Å². The highest BCUT2D eigenvalue weighted by atomic mass is 32.1. The standard InChI is InChI=1S/C19H17N5O2S/c20-12-13-3-1-4-14(11-13)18(25)21-8-9-23-19(26)24(15-6-7-15)17(22-23)16-5-2-10-27-16/h1-5,10-11,15H,6-9H2,(H,21,25). The van der Waals surface area contributed by atoms with Crippen LogP contribution in [0.15, 0.2) is 46.6 Å². The lowest BCUT2D eigenvalue weighted by Crippen LogP contribution is -2.32. The second kappa shape index (κ2) is 7.21. The fourth-order valence-electron chi connectivity index (χ4n) is 2.91. The number of benzene rings is 1. The van der Waals surface area contributed by atoms with Crippen LogP contribution in [0.3, 0.4) is 0 Å². The Morgan fingerprint density at radius 1 is 1.33 bits per heavy atom. The summed E-state index contributed by atoms with van der Waals surface area (Å²) < 4.78 is 3.18. The van der Waals surface area contributed by atoms with Gasteiger partial charge in [0.15, 0.2) is 5.82 Å². The first-order chi connectivity index (χ1) is 13.2. The minimum absolute atomic E-state index is 0.137. The minimum atomic E-state index is -0.278. The number of hydrogen-bond acceptors (Lipinski definition) is 5. The Hall–Kier alpha value is -3.18. The van der Waals surface area contributed by atoms with E-state index in [0.717, 1.165) is 17.7 Å². The van der Waals surface area contributed by atoms with Gasteiger partial charge in [-0.2, -0.15) is 5.26 Å². The summed E-state index contributed by atoms with van der Waals surface area (Å²) in [6, 6.07) is 12.6. The van der Waals surface area contributed by atoms with Crippen molar-refractivity contribution >= 4 is 17.2 Å². The van der Waals surface area contributed by atoms with Crippen molar-refractivity contribution in [3.8, 4) is 16.8 Å². The zero-order valence-electron chi connectivity index (χ0n) is 14.5. The average molecular weight is 379 g/mol. The first-order valence-corrected chi connectivity index (χ1v) is 9.57. The predicted octanol–water partition coefficient (Wildman–Crippen LogP) is 2.41. The molecule has 8 heteroatoms. The lowest BCUT2D eigenvalue weighted by Gasteiger charge is -2.05. The third-order valence-electron chi connectivity index (χ3n) is 4.39. The largest absolute Gasteiger partial charge is 0.350 e. The predicted molar refractivity (Wildman–Crippen MR) is 102 cm³/mol. The van der Waals surface area contributed by atoms with Crippen LogP contribution in [-0.4, -0.2) is 26.8 Å². The Kier molecular flexibility index (Phi) is 4.60. The Labute approximate surface area is 159 Å². The molecule has 0 unspecified atom stereocenters. The van der Waals surface area contributed by atoms with Gasteiger partial charge in [0.25, 0.3) is 5.91 Å². The zero-order valence-corrected chi connectivity index (χ0v) is 15.3. The molecule has 0 aliphatic heterocycles. The van der Waals surface area contributed by atoms with Crippen molar-refractivity contribution in [3.63, 3.8) is 0 Å². The molecule has 0 bridgehead atoms. The van der Waals surface area contributed by atoms with Crippen LogP contribution in [0.2, 0.25) is 0 Å². The molecular weight excluding hydrogens is 362 g/mol. The van der Waals surface area contributed by atoms with Crippen LogP contribution in [0.25, 0.3) is 10.7 Å². The molecule has 4 rings (SSSR count). The summed E-state index contributed by atoms with van der Waals surface area (Å²) in [5, 5.41) is 18.2. The van der Waals surface area contributed by atoms with Gasteiger partial charge in [0.05, 0.1) is 23.1 Å². The van der Waals surface area contributed by atoms with Gasteiger partial charge in [0.2, 0.25) is 0 Å². The van der Waals surface area contributed by atoms with E-state index in [0.29, 0.717) is 23.5 Å². The van der Waals surface area contributed by atoms with Crippen LogP contribution in [0.1, 0.15) is 34.8 Å². The maximum atomic E-state index is 12.7. The first kappa shape index (κ1) is 17.2. The lowest BCUT2D eigenvalue weighted by atomic mass is 10.1. The number of hydrogen-bond donors (Lipinski definition) is 1. The molecule has 2 aromatic heterocycles. The van der Waals surface area contributed by atoms with Crippen LogP contribution < -0.4 is 11.0 Å². The number of rotatable bonds is 6. The smallest absolute Gasteiger partial charge is 0.346 e. The van der Waals surface area contributed by atoms with E-state index in [9.17, 15) is 9.59 Å². The molecule has 2 heterocycles. The monoisotopic (exact) mass is 379 g/mol. The maximum Gasteiger partial charge on any atom is 0.346 e. The van der Waals surface area contributed by atoms with E-state index in [1.165, 1.54) is 10.7 Å². The van der Waals surface area contributed by atoms with Gasteiger partial charge in [-0.05, 0) is 42.5 Å². The fourth-order valence-corrected chi connectivity index (χ4v) is 3.61. The second-order valence-electron chi connectivity index (χ2n) is 6.36. The number of nitrogens with one attached hydrogen (secondary N) is 1. The average Bonchev–Trinajstić information content (AvgIpc) is 3.26. The molecule has 1 saturated carbocycles. The third kappa shape index (κ3) is 3.55. The molecule has 136 valence electrons. The normalized spacial score (nSPS) is 13.3. The number of amides is 1. The molecule has 0 spiro atoms. The number of nitrogens with zero attached hydrogens (tertiary/aromatic N) is 4. The number of aromatic nitrogens is 3. The van der Waals surface area contributed by atoms with Gasteiger partial charge in [0, 0.05) is 18.2 Å². The van der Waals surface area contributed by atoms with E-state index in [4.69, 9.17) is 5.26 Å². The second-order valence-corrected chi connectivity index (χ2v) is 7.30. The molecule has 1 aromatic carbocycles. The highest BCUT2D eigenvalue weighted by molar-refractivity contribution is 7.13. The van der Waals surface area contributed by atoms with Crippen LogP contribution in [0.4, 0.5) is 0 Å². The lowest BCUT2D eigenvalue weighted by molar-refractivity contribution is 0.0951. The first-order valence-electron chi connectivity index (χ1n) is 8.69. The quantitative estimate of drug-likeness (QED) is 0.712. The molecule has 7 nitrogen and oxygen atoms in total. The van der Waals surface area contributed by atoms with Crippen molar-refractivity contribution in [1.82, 2.24) is 19.7 Å². The van der Waals surface area contributed by atoms with Gasteiger partial charge in [-0.1, -0.05) is 12.1 Å². The van der Waals surface area contributed by atoms with Crippen LogP contribution in [0.5, 0.6) is 0 Å². The molecule has 1 aliphatic rings. The van der Waals surface area contributed by atoms with Gasteiger partial charge in [-0.3, -0.25) is 9.36 Å². The fraction of sp³-hybridized carbons (Fsp3) is 0.263. The minimum Gasteiger partial charge on any atom is -0.350 e. The van der Waals surface area contributed by atoms with Gasteiger partial charge < -0.3 is 5.32 Å². The van der Waals surface area contributed by atoms with Gasteiger partial charge in [0.1, 0.15) is 0 Å². The highest BCUT2D eigenvalue weighted by Crippen LogP contribution is 2.37. The molecule has 0 radical (unpaired) electrons. The van der Waals surface area contributed by atoms with Crippen molar-refractivity contribution < 1.29 is 4.79 Å². The molecule has 27 heavy (non-hydrogen) atoms. The summed E-state index contributed by atoms with van der Waals surface area (Å²) >= 11 is 1.56. The summed E-state index contributed by atoms with van der Waals surface area (Å²) in [5.41, 5.74) is 0.716. The van der Waals surface area contributed by atoms with Crippen molar-refractivity contribution in [3.05, 3.63) is 63.4 Å². The summed E-state index contributed by atoms with van der Waals surface area (Å²) in [5.74, 6) is 0.422. The van der Waals surface area contributed by atoms with E-state index in [2.05, 4.69) is 10.4 Å². The van der Waals surface area contributed by atoms with Crippen LogP contribution in [-0.2, 0) is 6.54 Å². The van der Waals surface area contributed by atoms with Gasteiger partial charge in [-0.25, -0.2) is 9.48 Å². The van der Waals surface area contributed by atoms with E-state index >= 15 is 0 Å². The summed E-state index contributed by atoms with van der Waals surface area (Å²) in [6.07, 6.45) is 1.99. The van der Waals surface area contributed by atoms with Crippen molar-refractivity contribution in [2.45, 2.75) is 25.4 Å². The van der Waals surface area contributed by atoms with Crippen molar-refractivity contribution in [1.29, 1.82) is 5.26 Å². The molecule has 3 aromatic rings. The van der Waals surface area contributed by atoms with Crippen molar-refractivity contribution in [2.24, 2.45) is 0 Å². The molecule has 1 amide bonds. The molecule has 0 atom stereocenters. The topological polar surface area (TPSA) is 92.7 Å². The summed E-state index contributed by atoms with van der Waals surface area (Å²) in [6.45, 7) is 0.571. The Morgan fingerprint density at radius 2 is 2.19 bits per heavy atom. The summed E-state index contributed by atoms with van der Waals surface area (Å²) in [4.78, 5) is 25.9. The molecule has 1 aliphatic carbocycles. The van der Waals surface area contributed by atoms with Crippen LogP contribution >= 0.6 is 11.3 Å². The Balaban J connectivity index is 1.47. The number of thiophene rings is 1. The third-order valence-corrected chi connectivity index (χ3v) is 5.25. The number of nitriles is 1. The zero-order chi connectivity index (χ0) is 18.8. The highest BCUT2D eigenvalue weighted by Gasteiger charge is 2.30. The number of carbonyl (C=O) groups excluding carboxylic acids is 1. The molecule has 1 N–H and O–H groups in total. The summed E-state index contributed by atoms with van der Waals surface area (Å²) in [7, 11) is 0. The van der Waals surface area contributed by atoms with E-state index in [1.807, 2.05) is 23.6 Å². The maximum absolute atomic E-state index is 12.7. The SMILES string of the molecule is N#Cc1cccc(C(=O)NCCn2nc(-c3cccs3)n(C3CC3)c2=O)c1. The Morgan fingerprint density at radius 3 is 2.89 bits per heavy atom. The van der Waals surface area contributed by atoms with Crippen molar-refractivity contribution in [2.75, 3.05) is 6.54 Å². The van der Waals surface area contributed by atoms with Crippen LogP contribution in [0, 0.1) is 11.3 Å². The van der Waals surface area contributed by atoms with Gasteiger partial charge in [-0.15, -0.1) is 16.4 Å². The number of carbonyl (C=O) groups is 1.